The number of nitrogens with one attached hydrogen (secondary N) is 2. The van der Waals surface area contributed by atoms with Crippen LogP contribution in [-0.4, -0.2) is 35.6 Å². The van der Waals surface area contributed by atoms with Gasteiger partial charge in [0.25, 0.3) is 0 Å². The molecule has 1 saturated heterocycles. The average Bonchev–Trinajstić information content (AvgIpc) is 3.32. The lowest BCUT2D eigenvalue weighted by molar-refractivity contribution is 0.100. The second-order valence-corrected chi connectivity index (χ2v) is 7.05. The van der Waals surface area contributed by atoms with Gasteiger partial charge in [-0.15, -0.1) is 0 Å². The Bertz CT molecular complexity index is 871. The van der Waals surface area contributed by atoms with Gasteiger partial charge in [-0.05, 0) is 38.0 Å². The van der Waals surface area contributed by atoms with Gasteiger partial charge in [-0.1, -0.05) is 6.07 Å². The summed E-state index contributed by atoms with van der Waals surface area (Å²) in [5, 5.41) is 19.4. The van der Waals surface area contributed by atoms with Crippen molar-refractivity contribution in [3.63, 3.8) is 0 Å². The maximum atomic E-state index is 12.5. The first-order valence-corrected chi connectivity index (χ1v) is 9.27. The predicted molar refractivity (Wildman–Crippen MR) is 104 cm³/mol. The van der Waals surface area contributed by atoms with Crippen molar-refractivity contribution < 1.29 is 14.3 Å². The summed E-state index contributed by atoms with van der Waals surface area (Å²) in [7, 11) is 1.58. The summed E-state index contributed by atoms with van der Waals surface area (Å²) in [4.78, 5) is 12.5. The minimum atomic E-state index is -0.333. The predicted octanol–water partition coefficient (Wildman–Crippen LogP) is 3.13. The van der Waals surface area contributed by atoms with Crippen molar-refractivity contribution >= 4 is 11.7 Å². The fourth-order valence-corrected chi connectivity index (χ4v) is 3.22. The molecule has 2 amide bonds. The van der Waals surface area contributed by atoms with E-state index in [4.69, 9.17) is 9.47 Å². The van der Waals surface area contributed by atoms with Gasteiger partial charge >= 0.3 is 6.03 Å². The SMILES string of the molecule is COCc1ccc(NC(=O)N[C@H]2CCO[C@@H]2c2cnn(C(C)C)c2)cc1C#N. The van der Waals surface area contributed by atoms with Gasteiger partial charge in [0.1, 0.15) is 6.10 Å². The van der Waals surface area contributed by atoms with Gasteiger partial charge < -0.3 is 20.1 Å². The first-order valence-electron chi connectivity index (χ1n) is 9.27. The zero-order valence-electron chi connectivity index (χ0n) is 16.3. The van der Waals surface area contributed by atoms with E-state index in [1.807, 2.05) is 10.9 Å². The molecule has 2 atom stereocenters. The molecule has 0 aliphatic carbocycles. The van der Waals surface area contributed by atoms with Gasteiger partial charge in [-0.2, -0.15) is 10.4 Å². The topological polar surface area (TPSA) is 101 Å². The summed E-state index contributed by atoms with van der Waals surface area (Å²) < 4.78 is 12.8. The number of carbonyl (C=O) groups is 1. The van der Waals surface area contributed by atoms with Gasteiger partial charge in [-0.3, -0.25) is 4.68 Å². The summed E-state index contributed by atoms with van der Waals surface area (Å²) >= 11 is 0. The van der Waals surface area contributed by atoms with Crippen LogP contribution in [0.25, 0.3) is 0 Å². The molecule has 8 nitrogen and oxygen atoms in total. The highest BCUT2D eigenvalue weighted by Crippen LogP contribution is 2.29. The molecular formula is C20H25N5O3. The lowest BCUT2D eigenvalue weighted by atomic mass is 10.1. The Hall–Kier alpha value is -2.89. The van der Waals surface area contributed by atoms with Gasteiger partial charge in [0.05, 0.1) is 30.5 Å². The molecule has 0 radical (unpaired) electrons. The number of benzene rings is 1. The Kier molecular flexibility index (Phi) is 6.29. The Labute approximate surface area is 164 Å². The number of carbonyl (C=O) groups excluding carboxylic acids is 1. The maximum Gasteiger partial charge on any atom is 0.319 e. The molecule has 2 N–H and O–H groups in total. The van der Waals surface area contributed by atoms with E-state index in [1.54, 1.807) is 31.5 Å². The average molecular weight is 383 g/mol. The van der Waals surface area contributed by atoms with E-state index in [1.165, 1.54) is 0 Å². The normalized spacial score (nSPS) is 18.8. The number of nitriles is 1. The minimum absolute atomic E-state index is 0.145. The van der Waals surface area contributed by atoms with Crippen LogP contribution in [0, 0.1) is 11.3 Å². The number of hydrogen-bond donors (Lipinski definition) is 2. The van der Waals surface area contributed by atoms with Gasteiger partial charge in [0.2, 0.25) is 0 Å². The molecule has 28 heavy (non-hydrogen) atoms. The monoisotopic (exact) mass is 383 g/mol. The number of ether oxygens (including phenoxy) is 2. The van der Waals surface area contributed by atoms with Crippen molar-refractivity contribution in [2.45, 2.75) is 45.1 Å². The zero-order valence-corrected chi connectivity index (χ0v) is 16.3. The Morgan fingerprint density at radius 2 is 2.32 bits per heavy atom. The van der Waals surface area contributed by atoms with Crippen LogP contribution in [0.1, 0.15) is 49.1 Å². The number of hydrogen-bond acceptors (Lipinski definition) is 5. The Morgan fingerprint density at radius 3 is 3.00 bits per heavy atom. The second-order valence-electron chi connectivity index (χ2n) is 7.05. The van der Waals surface area contributed by atoms with Crippen molar-refractivity contribution in [1.29, 1.82) is 5.26 Å². The first kappa shape index (κ1) is 19.9. The number of urea groups is 1. The van der Waals surface area contributed by atoms with Crippen LogP contribution in [0.3, 0.4) is 0 Å². The molecule has 0 saturated carbocycles. The number of nitrogens with zero attached hydrogens (tertiary/aromatic N) is 3. The molecule has 1 aromatic carbocycles. The van der Waals surface area contributed by atoms with E-state index in [-0.39, 0.29) is 24.2 Å². The molecule has 1 aliphatic heterocycles. The molecule has 148 valence electrons. The molecular weight excluding hydrogens is 358 g/mol. The van der Waals surface area contributed by atoms with Gasteiger partial charge in [0.15, 0.2) is 0 Å². The zero-order chi connectivity index (χ0) is 20.1. The van der Waals surface area contributed by atoms with E-state index < -0.39 is 0 Å². The maximum absolute atomic E-state index is 12.5. The number of aromatic nitrogens is 2. The molecule has 0 spiro atoms. The summed E-state index contributed by atoms with van der Waals surface area (Å²) in [5.41, 5.74) is 2.76. The largest absolute Gasteiger partial charge is 0.380 e. The van der Waals surface area contributed by atoms with Crippen LogP contribution in [0.5, 0.6) is 0 Å². The third kappa shape index (κ3) is 4.50. The summed E-state index contributed by atoms with van der Waals surface area (Å²) in [6.45, 7) is 5.04. The summed E-state index contributed by atoms with van der Waals surface area (Å²) in [5.74, 6) is 0. The molecule has 0 unspecified atom stereocenters. The van der Waals surface area contributed by atoms with E-state index in [0.29, 0.717) is 24.5 Å². The number of rotatable bonds is 6. The molecule has 8 heteroatoms. The summed E-state index contributed by atoms with van der Waals surface area (Å²) in [6.07, 6.45) is 4.25. The van der Waals surface area contributed by atoms with Crippen LogP contribution in [0.4, 0.5) is 10.5 Å². The lowest BCUT2D eigenvalue weighted by Crippen LogP contribution is -2.39. The van der Waals surface area contributed by atoms with Crippen molar-refractivity contribution in [1.82, 2.24) is 15.1 Å². The second kappa shape index (κ2) is 8.87. The number of anilines is 1. The Balaban J connectivity index is 1.64. The third-order valence-corrected chi connectivity index (χ3v) is 4.68. The third-order valence-electron chi connectivity index (χ3n) is 4.68. The van der Waals surface area contributed by atoms with Crippen LogP contribution in [-0.2, 0) is 16.1 Å². The van der Waals surface area contributed by atoms with E-state index in [2.05, 4.69) is 35.6 Å². The van der Waals surface area contributed by atoms with Crippen molar-refractivity contribution in [3.8, 4) is 6.07 Å². The molecule has 1 aromatic heterocycles. The van der Waals surface area contributed by atoms with Gasteiger partial charge in [0, 0.05) is 37.2 Å². The first-order chi connectivity index (χ1) is 13.5. The highest BCUT2D eigenvalue weighted by atomic mass is 16.5. The molecule has 2 heterocycles. The minimum Gasteiger partial charge on any atom is -0.380 e. The molecule has 3 rings (SSSR count). The van der Waals surface area contributed by atoms with Crippen molar-refractivity contribution in [3.05, 3.63) is 47.3 Å². The highest BCUT2D eigenvalue weighted by molar-refractivity contribution is 5.89. The van der Waals surface area contributed by atoms with Crippen LogP contribution in [0.2, 0.25) is 0 Å². The molecule has 1 aliphatic rings. The molecule has 1 fully saturated rings. The fraction of sp³-hybridized carbons (Fsp3) is 0.450. The van der Waals surface area contributed by atoms with Crippen LogP contribution in [0.15, 0.2) is 30.6 Å². The van der Waals surface area contributed by atoms with E-state index >= 15 is 0 Å². The smallest absolute Gasteiger partial charge is 0.319 e. The van der Waals surface area contributed by atoms with Gasteiger partial charge in [-0.25, -0.2) is 4.79 Å². The van der Waals surface area contributed by atoms with E-state index in [0.717, 1.165) is 17.5 Å². The number of methoxy groups -OCH3 is 1. The number of amides is 2. The fourth-order valence-electron chi connectivity index (χ4n) is 3.22. The van der Waals surface area contributed by atoms with Crippen LogP contribution < -0.4 is 10.6 Å². The molecule has 2 aromatic rings. The van der Waals surface area contributed by atoms with Crippen molar-refractivity contribution in [2.75, 3.05) is 19.0 Å². The lowest BCUT2D eigenvalue weighted by Gasteiger charge is -2.19. The van der Waals surface area contributed by atoms with Crippen molar-refractivity contribution in [2.24, 2.45) is 0 Å². The van der Waals surface area contributed by atoms with E-state index in [9.17, 15) is 10.1 Å². The molecule has 0 bridgehead atoms. The quantitative estimate of drug-likeness (QED) is 0.798. The standard InChI is InChI=1S/C20H25N5O3/c1-13(2)25-11-16(10-22-25)19-18(6-7-28-19)24-20(26)23-17-5-4-14(12-27-3)15(8-17)9-21/h4-5,8,10-11,13,18-19H,6-7,12H2,1-3H3,(H2,23,24,26)/t18-,19+/m0/s1. The highest BCUT2D eigenvalue weighted by Gasteiger charge is 2.32. The van der Waals surface area contributed by atoms with Crippen LogP contribution >= 0.6 is 0 Å². The summed E-state index contributed by atoms with van der Waals surface area (Å²) in [6, 6.07) is 7.09. The Morgan fingerprint density at radius 1 is 1.50 bits per heavy atom.